The van der Waals surface area contributed by atoms with Crippen LogP contribution in [-0.4, -0.2) is 35.7 Å². The van der Waals surface area contributed by atoms with Gasteiger partial charge in [-0.2, -0.15) is 0 Å². The third kappa shape index (κ3) is 4.14. The van der Waals surface area contributed by atoms with E-state index in [1.165, 1.54) is 13.2 Å². The lowest BCUT2D eigenvalue weighted by atomic mass is 10.1. The fourth-order valence-corrected chi connectivity index (χ4v) is 3.17. The molecule has 1 amide bonds. The van der Waals surface area contributed by atoms with Crippen LogP contribution in [0.15, 0.2) is 34.9 Å². The Bertz CT molecular complexity index is 962. The minimum atomic E-state index is -0.496. The Kier molecular flexibility index (Phi) is 5.51. The highest BCUT2D eigenvalue weighted by Gasteiger charge is 2.19. The summed E-state index contributed by atoms with van der Waals surface area (Å²) < 4.78 is 15.3. The van der Waals surface area contributed by atoms with Gasteiger partial charge in [-0.15, -0.1) is 0 Å². The second-order valence-electron chi connectivity index (χ2n) is 5.41. The third-order valence-electron chi connectivity index (χ3n) is 3.58. The van der Waals surface area contributed by atoms with Gasteiger partial charge in [-0.05, 0) is 38.1 Å². The van der Waals surface area contributed by atoms with Crippen LogP contribution in [0.25, 0.3) is 11.3 Å². The van der Waals surface area contributed by atoms with Gasteiger partial charge in [0.25, 0.3) is 5.91 Å². The predicted octanol–water partition coefficient (Wildman–Crippen LogP) is 3.54. The summed E-state index contributed by atoms with van der Waals surface area (Å²) in [5, 5.41) is 6.68. The van der Waals surface area contributed by atoms with Crippen molar-refractivity contribution in [3.8, 4) is 17.1 Å². The summed E-state index contributed by atoms with van der Waals surface area (Å²) in [5.74, 6) is 0.221. The van der Waals surface area contributed by atoms with Crippen molar-refractivity contribution in [1.82, 2.24) is 10.1 Å². The summed E-state index contributed by atoms with van der Waals surface area (Å²) in [4.78, 5) is 28.5. The minimum absolute atomic E-state index is 0.103. The summed E-state index contributed by atoms with van der Waals surface area (Å²) in [6.45, 7) is 4.16. The van der Waals surface area contributed by atoms with Crippen molar-refractivity contribution in [1.29, 1.82) is 0 Å². The SMILES string of the molecule is CCOc1ccc(-c2cc(C(=O)Nc3nc(C)c(C(=O)OC)s3)no2)cc1. The Labute approximate surface area is 159 Å². The maximum atomic E-state index is 12.4. The maximum Gasteiger partial charge on any atom is 0.350 e. The number of rotatable bonds is 6. The zero-order valence-electron chi connectivity index (χ0n) is 14.9. The highest BCUT2D eigenvalue weighted by atomic mass is 32.1. The number of anilines is 1. The number of methoxy groups -OCH3 is 1. The number of ether oxygens (including phenoxy) is 2. The standard InChI is InChI=1S/C18H17N3O5S/c1-4-25-12-7-5-11(6-8-12)14-9-13(21-26-14)16(22)20-18-19-10(2)15(27-18)17(23)24-3/h5-9H,4H2,1-3H3,(H,19,20,22). The van der Waals surface area contributed by atoms with Gasteiger partial charge in [-0.3, -0.25) is 10.1 Å². The van der Waals surface area contributed by atoms with Crippen molar-refractivity contribution < 1.29 is 23.6 Å². The second-order valence-corrected chi connectivity index (χ2v) is 6.41. The molecular weight excluding hydrogens is 370 g/mol. The van der Waals surface area contributed by atoms with Crippen LogP contribution in [0.3, 0.4) is 0 Å². The molecule has 2 aromatic heterocycles. The van der Waals surface area contributed by atoms with Gasteiger partial charge in [0.1, 0.15) is 10.6 Å². The molecule has 0 spiro atoms. The van der Waals surface area contributed by atoms with Crippen LogP contribution in [0.5, 0.6) is 5.75 Å². The van der Waals surface area contributed by atoms with Crippen LogP contribution in [0.1, 0.15) is 32.8 Å². The number of nitrogens with one attached hydrogen (secondary N) is 1. The molecule has 0 radical (unpaired) electrons. The number of nitrogens with zero attached hydrogens (tertiary/aromatic N) is 2. The molecule has 0 bridgehead atoms. The van der Waals surface area contributed by atoms with Gasteiger partial charge in [0.15, 0.2) is 16.6 Å². The second kappa shape index (κ2) is 8.00. The lowest BCUT2D eigenvalue weighted by Gasteiger charge is -2.02. The summed E-state index contributed by atoms with van der Waals surface area (Å²) in [5.41, 5.74) is 1.35. The summed E-state index contributed by atoms with van der Waals surface area (Å²) in [7, 11) is 1.29. The van der Waals surface area contributed by atoms with Gasteiger partial charge in [0.05, 0.1) is 19.4 Å². The molecule has 8 nitrogen and oxygen atoms in total. The van der Waals surface area contributed by atoms with Crippen LogP contribution >= 0.6 is 11.3 Å². The topological polar surface area (TPSA) is 104 Å². The molecule has 0 unspecified atom stereocenters. The normalized spacial score (nSPS) is 10.5. The van der Waals surface area contributed by atoms with Crippen molar-refractivity contribution in [2.24, 2.45) is 0 Å². The van der Waals surface area contributed by atoms with Crippen molar-refractivity contribution >= 4 is 28.3 Å². The van der Waals surface area contributed by atoms with E-state index in [0.29, 0.717) is 22.9 Å². The Morgan fingerprint density at radius 2 is 2.00 bits per heavy atom. The zero-order chi connectivity index (χ0) is 19.4. The van der Waals surface area contributed by atoms with E-state index in [2.05, 4.69) is 20.2 Å². The Morgan fingerprint density at radius 1 is 1.26 bits per heavy atom. The van der Waals surface area contributed by atoms with Crippen molar-refractivity contribution in [3.63, 3.8) is 0 Å². The molecule has 27 heavy (non-hydrogen) atoms. The molecule has 1 N–H and O–H groups in total. The van der Waals surface area contributed by atoms with E-state index in [4.69, 9.17) is 9.26 Å². The van der Waals surface area contributed by atoms with E-state index >= 15 is 0 Å². The van der Waals surface area contributed by atoms with Gasteiger partial charge in [0, 0.05) is 11.6 Å². The highest BCUT2D eigenvalue weighted by Crippen LogP contribution is 2.26. The Hall–Kier alpha value is -3.20. The zero-order valence-corrected chi connectivity index (χ0v) is 15.8. The number of benzene rings is 1. The van der Waals surface area contributed by atoms with Crippen LogP contribution in [0.2, 0.25) is 0 Å². The predicted molar refractivity (Wildman–Crippen MR) is 99.3 cm³/mol. The van der Waals surface area contributed by atoms with E-state index in [0.717, 1.165) is 22.6 Å². The van der Waals surface area contributed by atoms with Crippen LogP contribution in [0.4, 0.5) is 5.13 Å². The number of carbonyl (C=O) groups is 2. The molecule has 140 valence electrons. The van der Waals surface area contributed by atoms with Gasteiger partial charge >= 0.3 is 5.97 Å². The molecule has 3 rings (SSSR count). The number of hydrogen-bond acceptors (Lipinski definition) is 8. The van der Waals surface area contributed by atoms with E-state index in [1.807, 2.05) is 31.2 Å². The molecule has 0 aliphatic heterocycles. The largest absolute Gasteiger partial charge is 0.494 e. The average molecular weight is 387 g/mol. The molecule has 0 aliphatic rings. The van der Waals surface area contributed by atoms with Gasteiger partial charge in [0.2, 0.25) is 0 Å². The minimum Gasteiger partial charge on any atom is -0.494 e. The lowest BCUT2D eigenvalue weighted by molar-refractivity contribution is 0.0605. The molecule has 3 aromatic rings. The van der Waals surface area contributed by atoms with Crippen molar-refractivity contribution in [2.45, 2.75) is 13.8 Å². The molecule has 1 aromatic carbocycles. The smallest absolute Gasteiger partial charge is 0.350 e. The van der Waals surface area contributed by atoms with E-state index < -0.39 is 11.9 Å². The number of esters is 1. The van der Waals surface area contributed by atoms with Gasteiger partial charge in [-0.1, -0.05) is 16.5 Å². The first-order chi connectivity index (χ1) is 13.0. The molecule has 0 atom stereocenters. The summed E-state index contributed by atoms with van der Waals surface area (Å²) in [6, 6.07) is 8.80. The third-order valence-corrected chi connectivity index (χ3v) is 4.63. The number of hydrogen-bond donors (Lipinski definition) is 1. The van der Waals surface area contributed by atoms with Crippen LogP contribution in [-0.2, 0) is 4.74 Å². The van der Waals surface area contributed by atoms with E-state index in [9.17, 15) is 9.59 Å². The molecule has 9 heteroatoms. The fraction of sp³-hybridized carbons (Fsp3) is 0.222. The monoisotopic (exact) mass is 387 g/mol. The number of thiazole rings is 1. The average Bonchev–Trinajstić information content (AvgIpc) is 3.29. The first kappa shape index (κ1) is 18.6. The number of aryl methyl sites for hydroxylation is 1. The molecule has 0 saturated carbocycles. The van der Waals surface area contributed by atoms with Crippen molar-refractivity contribution in [3.05, 3.63) is 46.6 Å². The Balaban J connectivity index is 1.72. The van der Waals surface area contributed by atoms with Gasteiger partial charge < -0.3 is 14.0 Å². The molecule has 0 saturated heterocycles. The number of amides is 1. The molecule has 0 fully saturated rings. The number of aromatic nitrogens is 2. The highest BCUT2D eigenvalue weighted by molar-refractivity contribution is 7.17. The van der Waals surface area contributed by atoms with E-state index in [1.54, 1.807) is 6.92 Å². The lowest BCUT2D eigenvalue weighted by Crippen LogP contribution is -2.11. The molecular formula is C18H17N3O5S. The molecule has 0 aliphatic carbocycles. The Morgan fingerprint density at radius 3 is 2.67 bits per heavy atom. The molecule has 2 heterocycles. The van der Waals surface area contributed by atoms with Crippen LogP contribution < -0.4 is 10.1 Å². The summed E-state index contributed by atoms with van der Waals surface area (Å²) in [6.07, 6.45) is 0. The van der Waals surface area contributed by atoms with Crippen molar-refractivity contribution in [2.75, 3.05) is 19.0 Å². The number of carbonyl (C=O) groups excluding carboxylic acids is 2. The summed E-state index contributed by atoms with van der Waals surface area (Å²) >= 11 is 1.03. The quantitative estimate of drug-likeness (QED) is 0.645. The van der Waals surface area contributed by atoms with Gasteiger partial charge in [-0.25, -0.2) is 9.78 Å². The first-order valence-electron chi connectivity index (χ1n) is 8.09. The van der Waals surface area contributed by atoms with E-state index in [-0.39, 0.29) is 10.8 Å². The fourth-order valence-electron chi connectivity index (χ4n) is 2.29. The maximum absolute atomic E-state index is 12.4. The first-order valence-corrected chi connectivity index (χ1v) is 8.90. The van der Waals surface area contributed by atoms with Crippen LogP contribution in [0, 0.1) is 6.92 Å².